The highest BCUT2D eigenvalue weighted by Gasteiger charge is 2.40. The molecule has 93 heavy (non-hydrogen) atoms. The molecule has 6 aliphatic rings. The Morgan fingerprint density at radius 1 is 0.387 bits per heavy atom. The molecule has 6 aromatic rings. The first kappa shape index (κ1) is 67.9. The van der Waals surface area contributed by atoms with Crippen LogP contribution in [0.1, 0.15) is 123 Å². The number of carbonyl (C=O) groups excluding carboxylic acids is 6. The average Bonchev–Trinajstić information content (AvgIpc) is 1.47. The van der Waals surface area contributed by atoms with Crippen molar-refractivity contribution >= 4 is 68.7 Å². The van der Waals surface area contributed by atoms with E-state index in [1.54, 1.807) is 0 Å². The van der Waals surface area contributed by atoms with E-state index >= 15 is 0 Å². The van der Waals surface area contributed by atoms with Gasteiger partial charge in [0.1, 0.15) is 88.4 Å². The number of benzene rings is 6. The van der Waals surface area contributed by atoms with E-state index in [9.17, 15) is 44.1 Å². The van der Waals surface area contributed by atoms with Gasteiger partial charge < -0.3 is 43.7 Å². The molecule has 6 atom stereocenters. The van der Waals surface area contributed by atoms with Crippen LogP contribution in [0.2, 0.25) is 0 Å². The van der Waals surface area contributed by atoms with Crippen LogP contribution < -0.4 is 44.4 Å². The van der Waals surface area contributed by atoms with E-state index in [0.717, 1.165) is 192 Å². The molecular weight excluding hydrogens is 1240 g/mol. The lowest BCUT2D eigenvalue weighted by molar-refractivity contribution is -0.119. The average molecular weight is 1320 g/mol. The number of thioether (sulfide) groups is 3. The van der Waals surface area contributed by atoms with Gasteiger partial charge in [-0.1, -0.05) is 71.7 Å². The Bertz CT molecular complexity index is 3550. The lowest BCUT2D eigenvalue weighted by Gasteiger charge is -2.37. The zero-order valence-corrected chi connectivity index (χ0v) is 57.1. The van der Waals surface area contributed by atoms with Crippen LogP contribution >= 0.6 is 35.3 Å². The number of nitrogens with one attached hydrogen (secondary N) is 3. The van der Waals surface area contributed by atoms with Crippen molar-refractivity contribution in [1.82, 2.24) is 16.0 Å². The minimum absolute atomic E-state index is 0.230. The SMILES string of the molecule is Cc1c(C)c2c(c(C)c1O)CCC(C)(COc1ccc(CC3SC(=O)NC3=O)cc1)O2.Cc1c(C)c2c(c(C)c1O)CCC(C)(COc1ccc(CC3SC(=O)NC3=O)cc1)O2.Cc1c(C)c2c(c(C)c1O)CCC(C)(COc1ccc(CC3SC(=O)NC3=O)cc1)O2. The molecule has 18 nitrogen and oxygen atoms in total. The largest absolute Gasteiger partial charge is 0.507 e. The van der Waals surface area contributed by atoms with Crippen LogP contribution in [-0.2, 0) is 52.9 Å². The number of imide groups is 3. The van der Waals surface area contributed by atoms with Crippen LogP contribution in [0.3, 0.4) is 0 Å². The van der Waals surface area contributed by atoms with E-state index < -0.39 is 16.8 Å². The maximum absolute atomic E-state index is 11.7. The second-order valence-corrected chi connectivity index (χ2v) is 29.3. The summed E-state index contributed by atoms with van der Waals surface area (Å²) in [5.41, 5.74) is 12.9. The molecule has 0 bridgehead atoms. The van der Waals surface area contributed by atoms with Gasteiger partial charge in [0.15, 0.2) is 0 Å². The fourth-order valence-corrected chi connectivity index (χ4v) is 14.9. The summed E-state index contributed by atoms with van der Waals surface area (Å²) in [4.78, 5) is 69.1. The molecule has 6 unspecified atom stereocenters. The van der Waals surface area contributed by atoms with Gasteiger partial charge in [-0.2, -0.15) is 0 Å². The quantitative estimate of drug-likeness (QED) is 0.0559. The zero-order chi connectivity index (χ0) is 67.0. The van der Waals surface area contributed by atoms with Gasteiger partial charge >= 0.3 is 0 Å². The van der Waals surface area contributed by atoms with Crippen molar-refractivity contribution in [3.63, 3.8) is 0 Å². The molecule has 0 radical (unpaired) electrons. The first-order valence-electron chi connectivity index (χ1n) is 31.2. The van der Waals surface area contributed by atoms with E-state index in [0.29, 0.717) is 56.3 Å². The van der Waals surface area contributed by atoms with E-state index in [2.05, 4.69) is 16.0 Å². The van der Waals surface area contributed by atoms with Crippen LogP contribution in [0, 0.1) is 62.3 Å². The Morgan fingerprint density at radius 2 is 0.624 bits per heavy atom. The van der Waals surface area contributed by atoms with Gasteiger partial charge in [0.05, 0.1) is 15.7 Å². The number of rotatable bonds is 15. The summed E-state index contributed by atoms with van der Waals surface area (Å²) < 4.78 is 37.3. The number of amides is 6. The van der Waals surface area contributed by atoms with Crippen molar-refractivity contribution in [2.24, 2.45) is 0 Å². The standard InChI is InChI=1S/3C24H27NO5S/c3*1-13-14(2)21-18(15(3)20(13)26)9-10-24(4,30-21)12-29-17-7-5-16(6-8-17)11-19-22(27)25-23(28)31-19/h3*5-8,19,26H,9-12H2,1-4H3,(H,25,27,28). The monoisotopic (exact) mass is 1320 g/mol. The molecule has 21 heteroatoms. The van der Waals surface area contributed by atoms with Crippen LogP contribution in [0.5, 0.6) is 51.7 Å². The zero-order valence-electron chi connectivity index (χ0n) is 54.6. The number of phenolic OH excluding ortho intramolecular Hbond substituents is 3. The third kappa shape index (κ3) is 15.2. The van der Waals surface area contributed by atoms with Gasteiger partial charge in [-0.25, -0.2) is 0 Å². The highest BCUT2D eigenvalue weighted by molar-refractivity contribution is 8.16. The second kappa shape index (κ2) is 27.5. The van der Waals surface area contributed by atoms with E-state index in [4.69, 9.17) is 28.4 Å². The molecule has 0 spiro atoms. The summed E-state index contributed by atoms with van der Waals surface area (Å²) in [7, 11) is 0. The third-order valence-corrected chi connectivity index (χ3v) is 21.7. The van der Waals surface area contributed by atoms with E-state index in [-0.39, 0.29) is 49.2 Å². The van der Waals surface area contributed by atoms with Crippen molar-refractivity contribution in [2.45, 2.75) is 173 Å². The van der Waals surface area contributed by atoms with Gasteiger partial charge in [0.2, 0.25) is 17.7 Å². The Kier molecular flexibility index (Phi) is 20.1. The molecule has 3 fully saturated rings. The maximum Gasteiger partial charge on any atom is 0.286 e. The summed E-state index contributed by atoms with van der Waals surface area (Å²) in [5, 5.41) is 36.0. The van der Waals surface area contributed by atoms with Gasteiger partial charge in [-0.15, -0.1) is 0 Å². The van der Waals surface area contributed by atoms with Crippen molar-refractivity contribution in [1.29, 1.82) is 0 Å². The van der Waals surface area contributed by atoms with Crippen molar-refractivity contribution in [3.8, 4) is 51.7 Å². The minimum Gasteiger partial charge on any atom is -0.507 e. The number of hydrogen-bond acceptors (Lipinski definition) is 18. The molecule has 6 aliphatic heterocycles. The lowest BCUT2D eigenvalue weighted by atomic mass is 9.87. The molecule has 3 saturated heterocycles. The topological polar surface area (TPSA) is 255 Å². The summed E-state index contributed by atoms with van der Waals surface area (Å²) in [6.45, 7) is 24.9. The summed E-state index contributed by atoms with van der Waals surface area (Å²) in [6.07, 6.45) is 6.38. The van der Waals surface area contributed by atoms with Crippen molar-refractivity contribution < 1.29 is 72.5 Å². The van der Waals surface area contributed by atoms with Crippen LogP contribution in [0.4, 0.5) is 14.4 Å². The highest BCUT2D eigenvalue weighted by atomic mass is 32.2. The van der Waals surface area contributed by atoms with Crippen LogP contribution in [0.15, 0.2) is 72.8 Å². The molecule has 0 aliphatic carbocycles. The fourth-order valence-electron chi connectivity index (χ4n) is 12.3. The number of fused-ring (bicyclic) bond motifs is 3. The molecular formula is C72H81N3O15S3. The smallest absolute Gasteiger partial charge is 0.286 e. The van der Waals surface area contributed by atoms with Crippen molar-refractivity contribution in [2.75, 3.05) is 19.8 Å². The first-order valence-corrected chi connectivity index (χ1v) is 33.9. The van der Waals surface area contributed by atoms with Gasteiger partial charge in [0.25, 0.3) is 15.7 Å². The van der Waals surface area contributed by atoms with Crippen molar-refractivity contribution in [3.05, 3.63) is 156 Å². The highest BCUT2D eigenvalue weighted by Crippen LogP contribution is 2.47. The number of phenols is 3. The normalized spacial score (nSPS) is 22.6. The molecule has 6 aromatic carbocycles. The number of ether oxygens (including phenoxy) is 6. The molecule has 6 amide bonds. The van der Waals surface area contributed by atoms with Crippen LogP contribution in [-0.4, -0.2) is 101 Å². The molecule has 0 aromatic heterocycles. The third-order valence-electron chi connectivity index (χ3n) is 18.7. The minimum atomic E-state index is -0.467. The molecule has 12 rings (SSSR count). The Balaban J connectivity index is 0.000000153. The van der Waals surface area contributed by atoms with Crippen LogP contribution in [0.25, 0.3) is 0 Å². The Hall–Kier alpha value is -8.01. The predicted molar refractivity (Wildman–Crippen MR) is 361 cm³/mol. The first-order chi connectivity index (χ1) is 44.0. The Morgan fingerprint density at radius 3 is 0.839 bits per heavy atom. The Labute approximate surface area is 555 Å². The molecule has 6 heterocycles. The summed E-state index contributed by atoms with van der Waals surface area (Å²) in [6, 6.07) is 22.8. The van der Waals surface area contributed by atoms with E-state index in [1.165, 1.54) is 0 Å². The summed E-state index contributed by atoms with van der Waals surface area (Å²) >= 11 is 3.11. The molecule has 6 N–H and O–H groups in total. The number of aromatic hydroxyl groups is 3. The summed E-state index contributed by atoms with van der Waals surface area (Å²) in [5.74, 6) is 5.17. The van der Waals surface area contributed by atoms with Gasteiger partial charge in [0, 0.05) is 16.7 Å². The maximum atomic E-state index is 11.7. The fraction of sp³-hybridized carbons (Fsp3) is 0.417. The number of carbonyl (C=O) groups is 6. The van der Waals surface area contributed by atoms with Gasteiger partial charge in [-0.05, 0) is 244 Å². The number of hydrogen-bond donors (Lipinski definition) is 6. The lowest BCUT2D eigenvalue weighted by Crippen LogP contribution is -2.42. The predicted octanol–water partition coefficient (Wildman–Crippen LogP) is 13.1. The molecule has 0 saturated carbocycles. The van der Waals surface area contributed by atoms with Gasteiger partial charge in [-0.3, -0.25) is 44.7 Å². The second-order valence-electron chi connectivity index (χ2n) is 25.8. The van der Waals surface area contributed by atoms with E-state index in [1.807, 2.05) is 156 Å². The molecule has 492 valence electrons.